The fourth-order valence-electron chi connectivity index (χ4n) is 3.20. The quantitative estimate of drug-likeness (QED) is 0.912. The maximum absolute atomic E-state index is 12.4. The van der Waals surface area contributed by atoms with Gasteiger partial charge in [0.25, 0.3) is 0 Å². The van der Waals surface area contributed by atoms with Gasteiger partial charge in [-0.3, -0.25) is 14.6 Å². The van der Waals surface area contributed by atoms with Crippen molar-refractivity contribution in [3.8, 4) is 0 Å². The number of nitrogens with two attached hydrogens (primary N) is 1. The highest BCUT2D eigenvalue weighted by Gasteiger charge is 2.26. The van der Waals surface area contributed by atoms with E-state index in [0.717, 1.165) is 37.1 Å². The van der Waals surface area contributed by atoms with Crippen molar-refractivity contribution < 1.29 is 9.59 Å². The van der Waals surface area contributed by atoms with E-state index in [2.05, 4.69) is 4.98 Å². The molecule has 1 unspecified atom stereocenters. The molecule has 3 rings (SSSR count). The van der Waals surface area contributed by atoms with Gasteiger partial charge in [-0.2, -0.15) is 0 Å². The number of amides is 2. The standard InChI is InChI=1S/C19H21N3O2/c20-19(24)17-5-1-3-14(10-17)9-16-6-8-22(13-16)18(23)11-15-4-2-7-21-12-15/h1-5,7,10,12,16H,6,8-9,11,13H2,(H2,20,24). The van der Waals surface area contributed by atoms with E-state index < -0.39 is 5.91 Å². The van der Waals surface area contributed by atoms with Crippen molar-refractivity contribution in [2.75, 3.05) is 13.1 Å². The number of benzene rings is 1. The van der Waals surface area contributed by atoms with E-state index in [0.29, 0.717) is 17.9 Å². The van der Waals surface area contributed by atoms with Gasteiger partial charge >= 0.3 is 0 Å². The second kappa shape index (κ2) is 7.25. The molecular weight excluding hydrogens is 302 g/mol. The highest BCUT2D eigenvalue weighted by Crippen LogP contribution is 2.22. The van der Waals surface area contributed by atoms with Crippen molar-refractivity contribution in [1.29, 1.82) is 0 Å². The van der Waals surface area contributed by atoms with Crippen LogP contribution < -0.4 is 5.73 Å². The topological polar surface area (TPSA) is 76.3 Å². The highest BCUT2D eigenvalue weighted by atomic mass is 16.2. The van der Waals surface area contributed by atoms with Gasteiger partial charge < -0.3 is 10.6 Å². The number of rotatable bonds is 5. The van der Waals surface area contributed by atoms with Crippen molar-refractivity contribution in [1.82, 2.24) is 9.88 Å². The number of carbonyl (C=O) groups excluding carboxylic acids is 2. The number of aromatic nitrogens is 1. The molecule has 0 radical (unpaired) electrons. The van der Waals surface area contributed by atoms with E-state index in [4.69, 9.17) is 5.73 Å². The molecule has 1 aliphatic rings. The van der Waals surface area contributed by atoms with Crippen LogP contribution in [0.2, 0.25) is 0 Å². The monoisotopic (exact) mass is 323 g/mol. The highest BCUT2D eigenvalue weighted by molar-refractivity contribution is 5.92. The lowest BCUT2D eigenvalue weighted by Crippen LogP contribution is -2.30. The van der Waals surface area contributed by atoms with Crippen LogP contribution in [-0.4, -0.2) is 34.8 Å². The minimum absolute atomic E-state index is 0.149. The summed E-state index contributed by atoms with van der Waals surface area (Å²) in [6.45, 7) is 1.55. The van der Waals surface area contributed by atoms with Crippen LogP contribution in [0.5, 0.6) is 0 Å². The third-order valence-corrected chi connectivity index (χ3v) is 4.45. The zero-order valence-electron chi connectivity index (χ0n) is 13.5. The molecule has 2 heterocycles. The number of pyridine rings is 1. The van der Waals surface area contributed by atoms with Crippen LogP contribution in [0.1, 0.15) is 27.9 Å². The first-order valence-electron chi connectivity index (χ1n) is 8.17. The van der Waals surface area contributed by atoms with Crippen LogP contribution >= 0.6 is 0 Å². The Hall–Kier alpha value is -2.69. The Morgan fingerprint density at radius 3 is 2.79 bits per heavy atom. The van der Waals surface area contributed by atoms with Gasteiger partial charge in [0.15, 0.2) is 0 Å². The van der Waals surface area contributed by atoms with Gasteiger partial charge in [0.1, 0.15) is 0 Å². The SMILES string of the molecule is NC(=O)c1cccc(CC2CCN(C(=O)Cc3cccnc3)C2)c1. The fraction of sp³-hybridized carbons (Fsp3) is 0.316. The molecule has 1 saturated heterocycles. The second-order valence-electron chi connectivity index (χ2n) is 6.30. The Bertz CT molecular complexity index is 730. The smallest absolute Gasteiger partial charge is 0.248 e. The summed E-state index contributed by atoms with van der Waals surface area (Å²) in [5.41, 5.74) is 7.91. The molecular formula is C19H21N3O2. The van der Waals surface area contributed by atoms with E-state index in [-0.39, 0.29) is 5.91 Å². The summed E-state index contributed by atoms with van der Waals surface area (Å²) in [5.74, 6) is 0.166. The minimum atomic E-state index is -0.406. The van der Waals surface area contributed by atoms with E-state index in [1.807, 2.05) is 35.2 Å². The molecule has 24 heavy (non-hydrogen) atoms. The molecule has 1 aliphatic heterocycles. The Morgan fingerprint density at radius 1 is 1.21 bits per heavy atom. The number of hydrogen-bond acceptors (Lipinski definition) is 3. The Kier molecular flexibility index (Phi) is 4.89. The van der Waals surface area contributed by atoms with Crippen LogP contribution in [0.15, 0.2) is 48.8 Å². The Balaban J connectivity index is 1.56. The Labute approximate surface area is 141 Å². The molecule has 2 N–H and O–H groups in total. The van der Waals surface area contributed by atoms with Crippen molar-refractivity contribution in [2.45, 2.75) is 19.3 Å². The number of hydrogen-bond donors (Lipinski definition) is 1. The first-order chi connectivity index (χ1) is 11.6. The molecule has 1 fully saturated rings. The van der Waals surface area contributed by atoms with Gasteiger partial charge in [-0.15, -0.1) is 0 Å². The molecule has 5 heteroatoms. The summed E-state index contributed by atoms with van der Waals surface area (Å²) in [4.78, 5) is 29.6. The Morgan fingerprint density at radius 2 is 2.04 bits per heavy atom. The van der Waals surface area contributed by atoms with Crippen LogP contribution in [0, 0.1) is 5.92 Å². The third-order valence-electron chi connectivity index (χ3n) is 4.45. The lowest BCUT2D eigenvalue weighted by molar-refractivity contribution is -0.129. The maximum Gasteiger partial charge on any atom is 0.248 e. The largest absolute Gasteiger partial charge is 0.366 e. The summed E-state index contributed by atoms with van der Waals surface area (Å²) in [7, 11) is 0. The summed E-state index contributed by atoms with van der Waals surface area (Å²) in [5, 5.41) is 0. The average Bonchev–Trinajstić information content (AvgIpc) is 3.04. The zero-order valence-corrected chi connectivity index (χ0v) is 13.5. The lowest BCUT2D eigenvalue weighted by atomic mass is 9.97. The molecule has 2 amide bonds. The average molecular weight is 323 g/mol. The normalized spacial score (nSPS) is 17.0. The van der Waals surface area contributed by atoms with E-state index in [1.165, 1.54) is 0 Å². The molecule has 5 nitrogen and oxygen atoms in total. The number of carbonyl (C=O) groups is 2. The van der Waals surface area contributed by atoms with Gasteiger partial charge in [0, 0.05) is 31.0 Å². The summed E-state index contributed by atoms with van der Waals surface area (Å²) >= 11 is 0. The molecule has 0 aliphatic carbocycles. The molecule has 124 valence electrons. The first kappa shape index (κ1) is 16.2. The van der Waals surface area contributed by atoms with Crippen molar-refractivity contribution in [2.24, 2.45) is 11.7 Å². The van der Waals surface area contributed by atoms with Gasteiger partial charge in [-0.05, 0) is 48.1 Å². The van der Waals surface area contributed by atoms with Crippen molar-refractivity contribution in [3.05, 3.63) is 65.5 Å². The molecule has 2 aromatic rings. The minimum Gasteiger partial charge on any atom is -0.366 e. The van der Waals surface area contributed by atoms with Crippen LogP contribution in [-0.2, 0) is 17.6 Å². The summed E-state index contributed by atoms with van der Waals surface area (Å²) in [6.07, 6.45) is 5.69. The molecule has 1 aromatic heterocycles. The predicted molar refractivity (Wildman–Crippen MR) is 91.3 cm³/mol. The molecule has 0 spiro atoms. The van der Waals surface area contributed by atoms with Gasteiger partial charge in [-0.1, -0.05) is 18.2 Å². The van der Waals surface area contributed by atoms with E-state index in [1.54, 1.807) is 18.5 Å². The third kappa shape index (κ3) is 3.98. The maximum atomic E-state index is 12.4. The fourth-order valence-corrected chi connectivity index (χ4v) is 3.20. The molecule has 1 aromatic carbocycles. The van der Waals surface area contributed by atoms with Gasteiger partial charge in [0.05, 0.1) is 6.42 Å². The van der Waals surface area contributed by atoms with Crippen molar-refractivity contribution in [3.63, 3.8) is 0 Å². The number of likely N-dealkylation sites (tertiary alicyclic amines) is 1. The summed E-state index contributed by atoms with van der Waals surface area (Å²) < 4.78 is 0. The molecule has 0 bridgehead atoms. The number of primary amides is 1. The van der Waals surface area contributed by atoms with Gasteiger partial charge in [-0.25, -0.2) is 0 Å². The predicted octanol–water partition coefficient (Wildman–Crippen LogP) is 1.81. The zero-order chi connectivity index (χ0) is 16.9. The lowest BCUT2D eigenvalue weighted by Gasteiger charge is -2.16. The van der Waals surface area contributed by atoms with E-state index >= 15 is 0 Å². The van der Waals surface area contributed by atoms with Crippen molar-refractivity contribution >= 4 is 11.8 Å². The number of nitrogens with zero attached hydrogens (tertiary/aromatic N) is 2. The van der Waals surface area contributed by atoms with Crippen LogP contribution in [0.25, 0.3) is 0 Å². The van der Waals surface area contributed by atoms with Gasteiger partial charge in [0.2, 0.25) is 11.8 Å². The van der Waals surface area contributed by atoms with E-state index in [9.17, 15) is 9.59 Å². The first-order valence-corrected chi connectivity index (χ1v) is 8.17. The van der Waals surface area contributed by atoms with Crippen LogP contribution in [0.4, 0.5) is 0 Å². The van der Waals surface area contributed by atoms with Crippen LogP contribution in [0.3, 0.4) is 0 Å². The molecule has 0 saturated carbocycles. The summed E-state index contributed by atoms with van der Waals surface area (Å²) in [6, 6.07) is 11.2. The second-order valence-corrected chi connectivity index (χ2v) is 6.30. The molecule has 1 atom stereocenters.